The van der Waals surface area contributed by atoms with E-state index in [4.69, 9.17) is 5.29 Å². The Morgan fingerprint density at radius 3 is 1.68 bits per heavy atom. The van der Waals surface area contributed by atoms with Crippen LogP contribution < -0.4 is 10.6 Å². The first-order valence-corrected chi connectivity index (χ1v) is 10.5. The van der Waals surface area contributed by atoms with Gasteiger partial charge in [0.05, 0.1) is 0 Å². The second-order valence-corrected chi connectivity index (χ2v) is 7.52. The van der Waals surface area contributed by atoms with Crippen LogP contribution in [-0.4, -0.2) is 35.8 Å². The van der Waals surface area contributed by atoms with Gasteiger partial charge in [0, 0.05) is 0 Å². The van der Waals surface area contributed by atoms with E-state index in [1.807, 2.05) is 0 Å². The van der Waals surface area contributed by atoms with Gasteiger partial charge >= 0.3 is 122 Å². The van der Waals surface area contributed by atoms with E-state index >= 15 is 0 Å². The Balaban J connectivity index is 1.66. The quantitative estimate of drug-likeness (QED) is 0.500. The van der Waals surface area contributed by atoms with E-state index in [-0.39, 0.29) is 11.8 Å². The van der Waals surface area contributed by atoms with Gasteiger partial charge in [0.25, 0.3) is 0 Å². The predicted molar refractivity (Wildman–Crippen MR) is 54.5 cm³/mol. The summed E-state index contributed by atoms with van der Waals surface area (Å²) >= 11 is -2.55. The van der Waals surface area contributed by atoms with E-state index in [0.29, 0.717) is 25.7 Å². The van der Waals surface area contributed by atoms with Crippen LogP contribution in [-0.2, 0) is 50.0 Å². The minimum absolute atomic E-state index is 0.177. The normalized spacial score (nSPS) is 25.3. The van der Waals surface area contributed by atoms with Gasteiger partial charge in [-0.05, 0) is 0 Å². The van der Waals surface area contributed by atoms with Crippen LogP contribution in [0.4, 0.5) is 0 Å². The fraction of sp³-hybridized carbons (Fsp3) is 0.600. The summed E-state index contributed by atoms with van der Waals surface area (Å²) in [5.74, 6) is -1.42. The Labute approximate surface area is 122 Å². The molecule has 0 radical (unpaired) electrons. The Hall–Kier alpha value is -1.18. The molecule has 9 heteroatoms. The van der Waals surface area contributed by atoms with Crippen molar-refractivity contribution in [1.29, 1.82) is 0 Å². The number of nitrogens with one attached hydrogen (secondary N) is 2. The molecule has 0 bridgehead atoms. The fourth-order valence-electron chi connectivity index (χ4n) is 1.93. The number of hydrogen-bond acceptors (Lipinski definition) is 6. The van der Waals surface area contributed by atoms with Crippen LogP contribution >= 0.6 is 0 Å². The summed E-state index contributed by atoms with van der Waals surface area (Å²) in [4.78, 5) is 44.8. The standard InChI is InChI=1S/2C5H7NO3.Hg/c2*7-4-2-1-3(6-4)5(8)9;/h2*3H,1-2H2,(H,6,7)(H,8,9);/q;;+2/p-2. The number of carbonyl (C=O) groups excluding carboxylic acids is 4. The molecule has 2 aliphatic heterocycles. The zero-order valence-electron chi connectivity index (χ0n) is 10.1. The Morgan fingerprint density at radius 1 is 0.947 bits per heavy atom. The van der Waals surface area contributed by atoms with Crippen molar-refractivity contribution >= 4 is 23.8 Å². The summed E-state index contributed by atoms with van der Waals surface area (Å²) in [7, 11) is 0. The number of carbonyl (C=O) groups is 4. The zero-order chi connectivity index (χ0) is 13.8. The molecule has 0 aliphatic carbocycles. The molecule has 2 unspecified atom stereocenters. The van der Waals surface area contributed by atoms with E-state index < -0.39 is 49.5 Å². The third-order valence-corrected chi connectivity index (χ3v) is 6.09. The molecule has 2 N–H and O–H groups in total. The van der Waals surface area contributed by atoms with Crippen molar-refractivity contribution in [2.75, 3.05) is 0 Å². The molecule has 2 amide bonds. The first kappa shape index (κ1) is 14.2. The van der Waals surface area contributed by atoms with Crippen LogP contribution in [0.1, 0.15) is 25.7 Å². The first-order valence-electron chi connectivity index (χ1n) is 5.98. The minimum atomic E-state index is -2.55. The second-order valence-electron chi connectivity index (χ2n) is 4.36. The fourth-order valence-corrected chi connectivity index (χ4v) is 4.62. The van der Waals surface area contributed by atoms with Crippen molar-refractivity contribution in [2.24, 2.45) is 0 Å². The molecule has 2 fully saturated rings. The monoisotopic (exact) mass is 458 g/mol. The molecular formula is C10H12HgN2O6. The second kappa shape index (κ2) is 6.31. The third kappa shape index (κ3) is 3.89. The molecule has 0 saturated carbocycles. The van der Waals surface area contributed by atoms with Gasteiger partial charge < -0.3 is 0 Å². The van der Waals surface area contributed by atoms with Gasteiger partial charge in [-0.1, -0.05) is 0 Å². The van der Waals surface area contributed by atoms with Gasteiger partial charge in [-0.15, -0.1) is 0 Å². The van der Waals surface area contributed by atoms with Crippen molar-refractivity contribution in [2.45, 2.75) is 37.8 Å². The van der Waals surface area contributed by atoms with Crippen molar-refractivity contribution in [3.8, 4) is 0 Å². The molecule has 2 aliphatic rings. The van der Waals surface area contributed by atoms with Crippen LogP contribution in [0.25, 0.3) is 0 Å². The first-order chi connectivity index (χ1) is 9.06. The Kier molecular flexibility index (Phi) is 4.73. The molecule has 2 saturated heterocycles. The van der Waals surface area contributed by atoms with Crippen molar-refractivity contribution < 1.29 is 50.0 Å². The maximum absolute atomic E-state index is 11.5. The van der Waals surface area contributed by atoms with Gasteiger partial charge in [0.15, 0.2) is 0 Å². The van der Waals surface area contributed by atoms with Crippen LogP contribution in [0, 0.1) is 0 Å². The van der Waals surface area contributed by atoms with Crippen LogP contribution in [0.3, 0.4) is 0 Å². The van der Waals surface area contributed by atoms with E-state index in [0.717, 1.165) is 0 Å². The average molecular weight is 457 g/mol. The summed E-state index contributed by atoms with van der Waals surface area (Å²) < 4.78 is 9.89. The van der Waals surface area contributed by atoms with Crippen molar-refractivity contribution in [3.63, 3.8) is 0 Å². The summed E-state index contributed by atoms with van der Waals surface area (Å²) in [6.45, 7) is 0. The molecule has 100 valence electrons. The molecule has 0 aromatic rings. The Bertz CT molecular complexity index is 388. The van der Waals surface area contributed by atoms with Crippen molar-refractivity contribution in [1.82, 2.24) is 10.6 Å². The van der Waals surface area contributed by atoms with E-state index in [2.05, 4.69) is 10.6 Å². The van der Waals surface area contributed by atoms with Crippen LogP contribution in [0.15, 0.2) is 0 Å². The summed E-state index contributed by atoms with van der Waals surface area (Å²) in [6, 6.07) is -1.23. The van der Waals surface area contributed by atoms with Crippen LogP contribution in [0.2, 0.25) is 0 Å². The number of rotatable bonds is 4. The maximum atomic E-state index is 11.5. The number of amides is 2. The van der Waals surface area contributed by atoms with Crippen LogP contribution in [0.5, 0.6) is 0 Å². The summed E-state index contributed by atoms with van der Waals surface area (Å²) in [6.07, 6.45) is 1.45. The van der Waals surface area contributed by atoms with Gasteiger partial charge in [-0.2, -0.15) is 0 Å². The van der Waals surface area contributed by atoms with Crippen molar-refractivity contribution in [3.05, 3.63) is 0 Å². The van der Waals surface area contributed by atoms with Gasteiger partial charge in [0.1, 0.15) is 0 Å². The molecule has 0 spiro atoms. The molecule has 0 aromatic carbocycles. The molecule has 19 heavy (non-hydrogen) atoms. The third-order valence-electron chi connectivity index (χ3n) is 2.96. The molecule has 2 heterocycles. The predicted octanol–water partition coefficient (Wildman–Crippen LogP) is -1.46. The molecule has 0 aromatic heterocycles. The Morgan fingerprint density at radius 2 is 1.37 bits per heavy atom. The SMILES string of the molecule is O=C1CCC(C(=O)[O][Hg][O]C(=O)C2CCC(=O)N2)N1. The number of hydrogen-bond donors (Lipinski definition) is 2. The van der Waals surface area contributed by atoms with Gasteiger partial charge in [0.2, 0.25) is 0 Å². The topological polar surface area (TPSA) is 111 Å². The van der Waals surface area contributed by atoms with E-state index in [1.165, 1.54) is 0 Å². The molecule has 2 atom stereocenters. The zero-order valence-corrected chi connectivity index (χ0v) is 15.6. The molecule has 8 nitrogen and oxygen atoms in total. The molecule has 2 rings (SSSR count). The van der Waals surface area contributed by atoms with E-state index in [1.54, 1.807) is 0 Å². The summed E-state index contributed by atoms with van der Waals surface area (Å²) in [5.41, 5.74) is 0. The van der Waals surface area contributed by atoms with Gasteiger partial charge in [-0.3, -0.25) is 0 Å². The summed E-state index contributed by atoms with van der Waals surface area (Å²) in [5, 5.41) is 4.95. The molecular weight excluding hydrogens is 445 g/mol. The van der Waals surface area contributed by atoms with E-state index in [9.17, 15) is 19.2 Å². The van der Waals surface area contributed by atoms with Gasteiger partial charge in [-0.25, -0.2) is 0 Å². The average Bonchev–Trinajstić information content (AvgIpc) is 2.98.